The third-order valence-corrected chi connectivity index (χ3v) is 5.44. The Balaban J connectivity index is 2.01. The summed E-state index contributed by atoms with van der Waals surface area (Å²) in [6.07, 6.45) is -0.0542. The maximum atomic E-state index is 12.4. The maximum absolute atomic E-state index is 12.4. The van der Waals surface area contributed by atoms with Gasteiger partial charge >= 0.3 is 7.60 Å². The lowest BCUT2D eigenvalue weighted by atomic mass is 10.1. The highest BCUT2D eigenvalue weighted by Crippen LogP contribution is 2.48. The molecule has 1 aromatic rings. The molecule has 2 rings (SSSR count). The lowest BCUT2D eigenvalue weighted by Gasteiger charge is -2.19. The van der Waals surface area contributed by atoms with Crippen LogP contribution in [0, 0.1) is 0 Å². The van der Waals surface area contributed by atoms with Crippen LogP contribution >= 0.6 is 7.60 Å². The van der Waals surface area contributed by atoms with E-state index < -0.39 is 7.60 Å². The average molecular weight is 327 g/mol. The van der Waals surface area contributed by atoms with Crippen molar-refractivity contribution in [3.05, 3.63) is 29.3 Å². The second-order valence-electron chi connectivity index (χ2n) is 5.65. The quantitative estimate of drug-likeness (QED) is 0.675. The van der Waals surface area contributed by atoms with Crippen molar-refractivity contribution >= 4 is 7.60 Å². The van der Waals surface area contributed by atoms with E-state index in [1.54, 1.807) is 13.8 Å². The molecule has 22 heavy (non-hydrogen) atoms. The molecular weight excluding hydrogens is 301 g/mol. The molecule has 0 amide bonds. The Morgan fingerprint density at radius 2 is 1.77 bits per heavy atom. The molecular formula is C16H26NO4P. The van der Waals surface area contributed by atoms with E-state index in [9.17, 15) is 4.57 Å². The van der Waals surface area contributed by atoms with Gasteiger partial charge in [-0.15, -0.1) is 0 Å². The van der Waals surface area contributed by atoms with E-state index in [1.807, 2.05) is 12.1 Å². The topological polar surface area (TPSA) is 48.0 Å². The third kappa shape index (κ3) is 4.32. The second-order valence-corrected chi connectivity index (χ2v) is 7.65. The van der Waals surface area contributed by atoms with Gasteiger partial charge in [0, 0.05) is 19.1 Å². The van der Waals surface area contributed by atoms with Crippen LogP contribution in [0.15, 0.2) is 18.2 Å². The van der Waals surface area contributed by atoms with Gasteiger partial charge in [-0.25, -0.2) is 0 Å². The molecule has 0 fully saturated rings. The smallest absolute Gasteiger partial charge is 0.367 e. The standard InChI is InChI=1S/C16H26NO4P/c1-5-20-22(18,21-6-2)12-19-16-8-7-14-10-17(13(3)4)11-15(14)9-16/h7-9,13H,5-6,10-12H2,1-4H3. The van der Waals surface area contributed by atoms with E-state index in [4.69, 9.17) is 13.8 Å². The van der Waals surface area contributed by atoms with Gasteiger partial charge in [0.05, 0.1) is 13.2 Å². The Labute approximate surface area is 133 Å². The molecule has 0 aliphatic carbocycles. The summed E-state index contributed by atoms with van der Waals surface area (Å²) in [5.41, 5.74) is 2.60. The minimum atomic E-state index is -3.17. The third-order valence-electron chi connectivity index (χ3n) is 3.70. The van der Waals surface area contributed by atoms with Gasteiger partial charge in [-0.3, -0.25) is 9.46 Å². The molecule has 0 unspecified atom stereocenters. The molecule has 0 spiro atoms. The molecule has 0 saturated heterocycles. The van der Waals surface area contributed by atoms with Crippen LogP contribution in [0.3, 0.4) is 0 Å². The summed E-state index contributed by atoms with van der Waals surface area (Å²) in [7, 11) is -3.17. The highest BCUT2D eigenvalue weighted by atomic mass is 31.2. The van der Waals surface area contributed by atoms with Crippen LogP contribution in [0.1, 0.15) is 38.8 Å². The zero-order chi connectivity index (χ0) is 16.2. The monoisotopic (exact) mass is 327 g/mol. The molecule has 0 N–H and O–H groups in total. The van der Waals surface area contributed by atoms with Crippen LogP contribution in [0.2, 0.25) is 0 Å². The summed E-state index contributed by atoms with van der Waals surface area (Å²) < 4.78 is 28.5. The normalized spacial score (nSPS) is 15.3. The largest absolute Gasteiger partial charge is 0.481 e. The Kier molecular flexibility index (Phi) is 6.04. The zero-order valence-corrected chi connectivity index (χ0v) is 14.8. The Hall–Kier alpha value is -0.870. The van der Waals surface area contributed by atoms with Gasteiger partial charge in [0.2, 0.25) is 0 Å². The van der Waals surface area contributed by atoms with Gasteiger partial charge in [-0.1, -0.05) is 6.07 Å². The highest BCUT2D eigenvalue weighted by Gasteiger charge is 2.25. The number of hydrogen-bond acceptors (Lipinski definition) is 5. The molecule has 1 aliphatic rings. The number of ether oxygens (including phenoxy) is 1. The van der Waals surface area contributed by atoms with E-state index in [2.05, 4.69) is 24.8 Å². The lowest BCUT2D eigenvalue weighted by Crippen LogP contribution is -2.24. The summed E-state index contributed by atoms with van der Waals surface area (Å²) in [5.74, 6) is 0.712. The van der Waals surface area contributed by atoms with Gasteiger partial charge in [0.15, 0.2) is 6.35 Å². The summed E-state index contributed by atoms with van der Waals surface area (Å²) in [4.78, 5) is 2.40. The van der Waals surface area contributed by atoms with Gasteiger partial charge in [0.25, 0.3) is 0 Å². The van der Waals surface area contributed by atoms with Crippen LogP contribution in [0.4, 0.5) is 0 Å². The maximum Gasteiger partial charge on any atom is 0.367 e. The minimum Gasteiger partial charge on any atom is -0.481 e. The Bertz CT molecular complexity index is 537. The molecule has 1 heterocycles. The molecule has 5 nitrogen and oxygen atoms in total. The van der Waals surface area contributed by atoms with Crippen LogP contribution in [-0.2, 0) is 26.7 Å². The number of fused-ring (bicyclic) bond motifs is 1. The molecule has 1 aliphatic heterocycles. The fourth-order valence-corrected chi connectivity index (χ4v) is 3.83. The number of nitrogens with zero attached hydrogens (tertiary/aromatic N) is 1. The first-order chi connectivity index (χ1) is 10.5. The molecule has 0 saturated carbocycles. The first kappa shape index (κ1) is 17.5. The zero-order valence-electron chi connectivity index (χ0n) is 13.9. The summed E-state index contributed by atoms with van der Waals surface area (Å²) in [5, 5.41) is 0. The Morgan fingerprint density at radius 3 is 2.36 bits per heavy atom. The first-order valence-electron chi connectivity index (χ1n) is 7.84. The molecule has 6 heteroatoms. The van der Waals surface area contributed by atoms with Gasteiger partial charge in [0.1, 0.15) is 5.75 Å². The number of rotatable bonds is 8. The summed E-state index contributed by atoms with van der Waals surface area (Å²) in [6, 6.07) is 6.55. The Morgan fingerprint density at radius 1 is 1.14 bits per heavy atom. The lowest BCUT2D eigenvalue weighted by molar-refractivity contribution is 0.197. The summed E-state index contributed by atoms with van der Waals surface area (Å²) in [6.45, 7) is 10.6. The fourth-order valence-electron chi connectivity index (χ4n) is 2.51. The molecule has 0 aromatic heterocycles. The van der Waals surface area contributed by atoms with Crippen molar-refractivity contribution in [1.82, 2.24) is 4.90 Å². The van der Waals surface area contributed by atoms with Crippen LogP contribution < -0.4 is 4.74 Å². The van der Waals surface area contributed by atoms with E-state index in [0.717, 1.165) is 13.1 Å². The van der Waals surface area contributed by atoms with Crippen molar-refractivity contribution in [2.45, 2.75) is 46.8 Å². The van der Waals surface area contributed by atoms with Gasteiger partial charge < -0.3 is 13.8 Å². The van der Waals surface area contributed by atoms with Crippen molar-refractivity contribution < 1.29 is 18.3 Å². The van der Waals surface area contributed by atoms with Gasteiger partial charge in [-0.05, 0) is 51.0 Å². The molecule has 0 radical (unpaired) electrons. The van der Waals surface area contributed by atoms with Gasteiger partial charge in [-0.2, -0.15) is 0 Å². The molecule has 124 valence electrons. The molecule has 0 atom stereocenters. The van der Waals surface area contributed by atoms with E-state index in [-0.39, 0.29) is 6.35 Å². The first-order valence-corrected chi connectivity index (χ1v) is 9.57. The van der Waals surface area contributed by atoms with Crippen molar-refractivity contribution in [2.75, 3.05) is 19.6 Å². The number of hydrogen-bond donors (Lipinski definition) is 0. The van der Waals surface area contributed by atoms with Crippen LogP contribution in [0.5, 0.6) is 5.75 Å². The van der Waals surface area contributed by atoms with Crippen molar-refractivity contribution in [2.24, 2.45) is 0 Å². The number of benzene rings is 1. The predicted molar refractivity (Wildman–Crippen MR) is 87.2 cm³/mol. The predicted octanol–water partition coefficient (Wildman–Crippen LogP) is 4.01. The van der Waals surface area contributed by atoms with E-state index in [1.165, 1.54) is 11.1 Å². The summed E-state index contributed by atoms with van der Waals surface area (Å²) >= 11 is 0. The van der Waals surface area contributed by atoms with Crippen molar-refractivity contribution in [3.63, 3.8) is 0 Å². The van der Waals surface area contributed by atoms with Crippen LogP contribution in [-0.4, -0.2) is 30.5 Å². The van der Waals surface area contributed by atoms with Crippen molar-refractivity contribution in [3.8, 4) is 5.75 Å². The van der Waals surface area contributed by atoms with Crippen LogP contribution in [0.25, 0.3) is 0 Å². The second kappa shape index (κ2) is 7.60. The van der Waals surface area contributed by atoms with E-state index in [0.29, 0.717) is 25.0 Å². The van der Waals surface area contributed by atoms with E-state index >= 15 is 0 Å². The average Bonchev–Trinajstić information content (AvgIpc) is 2.89. The minimum absolute atomic E-state index is 0.0542. The highest BCUT2D eigenvalue weighted by molar-refractivity contribution is 7.53. The SMILES string of the molecule is CCOP(=O)(COc1ccc2c(c1)CN(C(C)C)C2)OCC. The molecule has 1 aromatic carbocycles. The fraction of sp³-hybridized carbons (Fsp3) is 0.625. The molecule has 0 bridgehead atoms. The van der Waals surface area contributed by atoms with Crippen molar-refractivity contribution in [1.29, 1.82) is 0 Å².